The lowest BCUT2D eigenvalue weighted by molar-refractivity contribution is 0.303. The van der Waals surface area contributed by atoms with Crippen LogP contribution in [0.15, 0.2) is 6.07 Å². The summed E-state index contributed by atoms with van der Waals surface area (Å²) in [6.07, 6.45) is 4.49. The van der Waals surface area contributed by atoms with Gasteiger partial charge in [0.15, 0.2) is 0 Å². The molecule has 1 aliphatic rings. The lowest BCUT2D eigenvalue weighted by atomic mass is 9.97. The summed E-state index contributed by atoms with van der Waals surface area (Å²) in [5, 5.41) is 0. The Bertz CT molecular complexity index is 436. The highest BCUT2D eigenvalue weighted by molar-refractivity contribution is 5.37. The van der Waals surface area contributed by atoms with E-state index in [1.54, 1.807) is 0 Å². The fourth-order valence-corrected chi connectivity index (χ4v) is 2.69. The predicted molar refractivity (Wildman–Crippen MR) is 81.2 cm³/mol. The standard InChI is InChI=1S/C15H26N4O/c1-4-9-20-14-10-11(2)17-15(18-14)19-8-6-5-7-13(19)12(3)16/h10,12-13H,4-9,16H2,1-3H3. The van der Waals surface area contributed by atoms with Crippen LogP contribution in [0.2, 0.25) is 0 Å². The lowest BCUT2D eigenvalue weighted by Crippen LogP contribution is -2.50. The van der Waals surface area contributed by atoms with Crippen LogP contribution >= 0.6 is 0 Å². The number of nitrogens with zero attached hydrogens (tertiary/aromatic N) is 3. The van der Waals surface area contributed by atoms with Crippen LogP contribution in [0.3, 0.4) is 0 Å². The number of nitrogens with two attached hydrogens (primary N) is 1. The smallest absolute Gasteiger partial charge is 0.229 e. The Morgan fingerprint density at radius 3 is 2.95 bits per heavy atom. The number of hydrogen-bond acceptors (Lipinski definition) is 5. The minimum atomic E-state index is 0.124. The highest BCUT2D eigenvalue weighted by Crippen LogP contribution is 2.25. The van der Waals surface area contributed by atoms with Gasteiger partial charge in [0.2, 0.25) is 11.8 Å². The molecule has 20 heavy (non-hydrogen) atoms. The average molecular weight is 278 g/mol. The summed E-state index contributed by atoms with van der Waals surface area (Å²) < 4.78 is 5.65. The van der Waals surface area contributed by atoms with Gasteiger partial charge in [-0.25, -0.2) is 4.98 Å². The summed E-state index contributed by atoms with van der Waals surface area (Å²) in [4.78, 5) is 11.4. The van der Waals surface area contributed by atoms with Crippen LogP contribution in [0.4, 0.5) is 5.95 Å². The summed E-state index contributed by atoms with van der Waals surface area (Å²) >= 11 is 0. The van der Waals surface area contributed by atoms with Gasteiger partial charge in [0.05, 0.1) is 6.61 Å². The molecule has 0 bridgehead atoms. The molecule has 1 aromatic rings. The zero-order chi connectivity index (χ0) is 14.5. The van der Waals surface area contributed by atoms with Gasteiger partial charge in [-0.3, -0.25) is 0 Å². The zero-order valence-electron chi connectivity index (χ0n) is 12.8. The number of hydrogen-bond donors (Lipinski definition) is 1. The Morgan fingerprint density at radius 1 is 1.45 bits per heavy atom. The van der Waals surface area contributed by atoms with Crippen molar-refractivity contribution >= 4 is 5.95 Å². The fourth-order valence-electron chi connectivity index (χ4n) is 2.69. The van der Waals surface area contributed by atoms with Gasteiger partial charge < -0.3 is 15.4 Å². The first kappa shape index (κ1) is 15.0. The maximum Gasteiger partial charge on any atom is 0.229 e. The Labute approximate surface area is 121 Å². The van der Waals surface area contributed by atoms with Crippen molar-refractivity contribution in [2.75, 3.05) is 18.1 Å². The van der Waals surface area contributed by atoms with E-state index in [2.05, 4.69) is 28.7 Å². The summed E-state index contributed by atoms with van der Waals surface area (Å²) in [5.41, 5.74) is 7.06. The molecule has 1 aromatic heterocycles. The summed E-state index contributed by atoms with van der Waals surface area (Å²) in [6.45, 7) is 7.79. The van der Waals surface area contributed by atoms with Crippen molar-refractivity contribution in [2.45, 2.75) is 58.5 Å². The SMILES string of the molecule is CCCOc1cc(C)nc(N2CCCCC2C(C)N)n1. The van der Waals surface area contributed by atoms with Gasteiger partial charge in [-0.1, -0.05) is 6.92 Å². The van der Waals surface area contributed by atoms with Crippen LogP contribution in [0.1, 0.15) is 45.2 Å². The van der Waals surface area contributed by atoms with E-state index >= 15 is 0 Å². The Morgan fingerprint density at radius 2 is 2.25 bits per heavy atom. The normalized spacial score (nSPS) is 20.8. The van der Waals surface area contributed by atoms with E-state index in [0.29, 0.717) is 18.5 Å². The third-order valence-electron chi connectivity index (χ3n) is 3.69. The van der Waals surface area contributed by atoms with Gasteiger partial charge in [0.25, 0.3) is 0 Å². The van der Waals surface area contributed by atoms with Crippen LogP contribution in [-0.2, 0) is 0 Å². The first-order chi connectivity index (χ1) is 9.61. The molecule has 0 saturated carbocycles. The summed E-state index contributed by atoms with van der Waals surface area (Å²) in [7, 11) is 0. The largest absolute Gasteiger partial charge is 0.478 e. The van der Waals surface area contributed by atoms with Gasteiger partial charge in [-0.05, 0) is 39.5 Å². The van der Waals surface area contributed by atoms with Gasteiger partial charge in [-0.15, -0.1) is 0 Å². The second kappa shape index (κ2) is 6.88. The highest BCUT2D eigenvalue weighted by Gasteiger charge is 2.27. The molecular weight excluding hydrogens is 252 g/mol. The molecular formula is C15H26N4O. The predicted octanol–water partition coefficient (Wildman–Crippen LogP) is 2.28. The first-order valence-corrected chi connectivity index (χ1v) is 7.62. The third-order valence-corrected chi connectivity index (χ3v) is 3.69. The van der Waals surface area contributed by atoms with Crippen molar-refractivity contribution in [3.05, 3.63) is 11.8 Å². The number of aromatic nitrogens is 2. The average Bonchev–Trinajstić information content (AvgIpc) is 2.44. The van der Waals surface area contributed by atoms with Crippen molar-refractivity contribution < 1.29 is 4.74 Å². The van der Waals surface area contributed by atoms with E-state index in [1.807, 2.05) is 13.0 Å². The maximum atomic E-state index is 6.12. The van der Waals surface area contributed by atoms with E-state index < -0.39 is 0 Å². The number of rotatable bonds is 5. The number of ether oxygens (including phenoxy) is 1. The fraction of sp³-hybridized carbons (Fsp3) is 0.733. The maximum absolute atomic E-state index is 6.12. The highest BCUT2D eigenvalue weighted by atomic mass is 16.5. The van der Waals surface area contributed by atoms with Crippen molar-refractivity contribution in [3.63, 3.8) is 0 Å². The molecule has 112 valence electrons. The topological polar surface area (TPSA) is 64.3 Å². The molecule has 2 heterocycles. The van der Waals surface area contributed by atoms with E-state index in [0.717, 1.165) is 31.0 Å². The lowest BCUT2D eigenvalue weighted by Gasteiger charge is -2.38. The molecule has 0 spiro atoms. The molecule has 2 atom stereocenters. The van der Waals surface area contributed by atoms with Gasteiger partial charge in [0, 0.05) is 30.4 Å². The van der Waals surface area contributed by atoms with Crippen molar-refractivity contribution in [1.82, 2.24) is 9.97 Å². The van der Waals surface area contributed by atoms with Crippen molar-refractivity contribution in [3.8, 4) is 5.88 Å². The molecule has 2 N–H and O–H groups in total. The van der Waals surface area contributed by atoms with Crippen molar-refractivity contribution in [1.29, 1.82) is 0 Å². The summed E-state index contributed by atoms with van der Waals surface area (Å²) in [5.74, 6) is 1.43. The van der Waals surface area contributed by atoms with Crippen LogP contribution < -0.4 is 15.4 Å². The molecule has 1 aliphatic heterocycles. The van der Waals surface area contributed by atoms with Gasteiger partial charge in [-0.2, -0.15) is 4.98 Å². The van der Waals surface area contributed by atoms with Gasteiger partial charge >= 0.3 is 0 Å². The molecule has 0 aliphatic carbocycles. The second-order valence-electron chi connectivity index (χ2n) is 5.61. The monoisotopic (exact) mass is 278 g/mol. The van der Waals surface area contributed by atoms with E-state index in [9.17, 15) is 0 Å². The number of piperidine rings is 1. The molecule has 2 unspecified atom stereocenters. The zero-order valence-corrected chi connectivity index (χ0v) is 12.8. The minimum absolute atomic E-state index is 0.124. The second-order valence-corrected chi connectivity index (χ2v) is 5.61. The summed E-state index contributed by atoms with van der Waals surface area (Å²) in [6, 6.07) is 2.34. The molecule has 0 radical (unpaired) electrons. The molecule has 1 saturated heterocycles. The molecule has 1 fully saturated rings. The van der Waals surface area contributed by atoms with Crippen LogP contribution in [0.5, 0.6) is 5.88 Å². The molecule has 0 aromatic carbocycles. The quantitative estimate of drug-likeness (QED) is 0.895. The Kier molecular flexibility index (Phi) is 5.17. The van der Waals surface area contributed by atoms with Gasteiger partial charge in [0.1, 0.15) is 0 Å². The van der Waals surface area contributed by atoms with E-state index in [-0.39, 0.29) is 6.04 Å². The van der Waals surface area contributed by atoms with Crippen LogP contribution in [0.25, 0.3) is 0 Å². The molecule has 0 amide bonds. The number of aryl methyl sites for hydroxylation is 1. The van der Waals surface area contributed by atoms with Crippen LogP contribution in [0, 0.1) is 6.92 Å². The molecule has 5 nitrogen and oxygen atoms in total. The first-order valence-electron chi connectivity index (χ1n) is 7.62. The number of anilines is 1. The molecule has 2 rings (SSSR count). The Balaban J connectivity index is 2.23. The van der Waals surface area contributed by atoms with Crippen LogP contribution in [-0.4, -0.2) is 35.2 Å². The van der Waals surface area contributed by atoms with E-state index in [4.69, 9.17) is 10.5 Å². The Hall–Kier alpha value is -1.36. The van der Waals surface area contributed by atoms with Crippen molar-refractivity contribution in [2.24, 2.45) is 5.73 Å². The molecule has 5 heteroatoms. The van der Waals surface area contributed by atoms with E-state index in [1.165, 1.54) is 12.8 Å². The third kappa shape index (κ3) is 3.60. The minimum Gasteiger partial charge on any atom is -0.478 e.